The van der Waals surface area contributed by atoms with Crippen LogP contribution >= 0.6 is 23.2 Å². The van der Waals surface area contributed by atoms with Gasteiger partial charge < -0.3 is 27.4 Å². The van der Waals surface area contributed by atoms with Gasteiger partial charge in [-0.25, -0.2) is 4.39 Å². The van der Waals surface area contributed by atoms with Crippen LogP contribution in [0.1, 0.15) is 5.56 Å². The van der Waals surface area contributed by atoms with E-state index in [1.165, 1.54) is 0 Å². The van der Waals surface area contributed by atoms with Crippen LogP contribution in [-0.2, 0) is 0 Å². The molecule has 7 N–H and O–H groups in total. The molecule has 0 aromatic heterocycles. The van der Waals surface area contributed by atoms with Crippen LogP contribution in [0, 0.1) is 5.82 Å². The first-order chi connectivity index (χ1) is 10.4. The molecule has 0 spiro atoms. The molecule has 0 saturated carbocycles. The lowest BCUT2D eigenvalue weighted by Gasteiger charge is -2.28. The summed E-state index contributed by atoms with van der Waals surface area (Å²) in [4.78, 5) is 5.95. The first-order valence-electron chi connectivity index (χ1n) is 6.60. The largest absolute Gasteiger partial charge is 0.395 e. The van der Waals surface area contributed by atoms with Gasteiger partial charge in [-0.2, -0.15) is 4.99 Å². The number of nitrogens with two attached hydrogens (primary N) is 3. The Kier molecular flexibility index (Phi) is 5.33. The fourth-order valence-electron chi connectivity index (χ4n) is 2.04. The summed E-state index contributed by atoms with van der Waals surface area (Å²) in [6.07, 6.45) is 0. The van der Waals surface area contributed by atoms with Gasteiger partial charge in [0.25, 0.3) is 0 Å². The second kappa shape index (κ2) is 7.04. The van der Waals surface area contributed by atoms with Crippen molar-refractivity contribution in [1.82, 2.24) is 10.2 Å². The van der Waals surface area contributed by atoms with Crippen molar-refractivity contribution in [1.29, 1.82) is 0 Å². The Hall–Kier alpha value is -1.70. The van der Waals surface area contributed by atoms with E-state index in [1.54, 1.807) is 0 Å². The van der Waals surface area contributed by atoms with E-state index in [4.69, 9.17) is 40.4 Å². The van der Waals surface area contributed by atoms with E-state index in [-0.39, 0.29) is 33.1 Å². The maximum absolute atomic E-state index is 13.4. The fraction of sp³-hybridized carbons (Fsp3) is 0.308. The molecule has 22 heavy (non-hydrogen) atoms. The van der Waals surface area contributed by atoms with Gasteiger partial charge >= 0.3 is 0 Å². The van der Waals surface area contributed by atoms with Crippen LogP contribution < -0.4 is 22.5 Å². The second-order valence-electron chi connectivity index (χ2n) is 4.76. The molecule has 1 fully saturated rings. The molecule has 0 amide bonds. The molecule has 9 heteroatoms. The number of piperazine rings is 1. The summed E-state index contributed by atoms with van der Waals surface area (Å²) in [5.74, 6) is -0.362. The van der Waals surface area contributed by atoms with Gasteiger partial charge in [0.15, 0.2) is 11.8 Å². The minimum atomic E-state index is -0.570. The number of hydrogen-bond donors (Lipinski definition) is 4. The molecule has 1 aliphatic rings. The highest BCUT2D eigenvalue weighted by molar-refractivity contribution is 6.43. The molecule has 6 nitrogen and oxygen atoms in total. The summed E-state index contributed by atoms with van der Waals surface area (Å²) in [6.45, 7) is 3.05. The summed E-state index contributed by atoms with van der Waals surface area (Å²) >= 11 is 11.9. The molecule has 1 saturated heterocycles. The number of halogens is 3. The normalized spacial score (nSPS) is 17.4. The maximum atomic E-state index is 13.4. The van der Waals surface area contributed by atoms with Gasteiger partial charge in [-0.1, -0.05) is 23.2 Å². The predicted molar refractivity (Wildman–Crippen MR) is 87.8 cm³/mol. The topological polar surface area (TPSA) is 106 Å². The molecule has 120 valence electrons. The number of nitrogens with one attached hydrogen (secondary N) is 1. The molecule has 0 atom stereocenters. The predicted octanol–water partition coefficient (Wildman–Crippen LogP) is 0.896. The summed E-state index contributed by atoms with van der Waals surface area (Å²) < 4.78 is 13.4. The molecule has 0 radical (unpaired) electrons. The fourth-order valence-corrected chi connectivity index (χ4v) is 2.46. The number of rotatable bonds is 2. The first-order valence-corrected chi connectivity index (χ1v) is 7.35. The van der Waals surface area contributed by atoms with E-state index in [2.05, 4.69) is 10.3 Å². The summed E-state index contributed by atoms with van der Waals surface area (Å²) in [5.41, 5.74) is 17.9. The number of guanidine groups is 1. The lowest BCUT2D eigenvalue weighted by atomic mass is 10.1. The molecule has 1 aromatic rings. The molecule has 0 unspecified atom stereocenters. The summed E-state index contributed by atoms with van der Waals surface area (Å²) in [6, 6.07) is 2.24. The van der Waals surface area contributed by atoms with Crippen molar-refractivity contribution in [3.05, 3.63) is 39.4 Å². The van der Waals surface area contributed by atoms with Crippen LogP contribution in [0.4, 0.5) is 4.39 Å². The minimum Gasteiger partial charge on any atom is -0.395 e. The van der Waals surface area contributed by atoms with E-state index in [0.717, 1.165) is 38.3 Å². The Labute approximate surface area is 137 Å². The molecule has 0 aliphatic carbocycles. The van der Waals surface area contributed by atoms with Gasteiger partial charge in [0.05, 0.1) is 15.7 Å². The number of hydrogen-bond acceptors (Lipinski definition) is 4. The van der Waals surface area contributed by atoms with E-state index >= 15 is 0 Å². The van der Waals surface area contributed by atoms with Gasteiger partial charge in [0, 0.05) is 31.7 Å². The quantitative estimate of drug-likeness (QED) is 0.361. The third kappa shape index (κ3) is 3.73. The maximum Gasteiger partial charge on any atom is 0.198 e. The summed E-state index contributed by atoms with van der Waals surface area (Å²) in [7, 11) is 0. The molecule has 1 aromatic carbocycles. The SMILES string of the molecule is NC(/N=C(\N)N1CCNCC1)=C(/N)c1cc(F)cc(Cl)c1Cl. The van der Waals surface area contributed by atoms with Crippen LogP contribution in [0.5, 0.6) is 0 Å². The van der Waals surface area contributed by atoms with Crippen molar-refractivity contribution in [3.63, 3.8) is 0 Å². The van der Waals surface area contributed by atoms with Crippen LogP contribution in [-0.4, -0.2) is 37.0 Å². The Balaban J connectivity index is 2.32. The average molecular weight is 347 g/mol. The van der Waals surface area contributed by atoms with Crippen LogP contribution in [0.2, 0.25) is 10.0 Å². The third-order valence-electron chi connectivity index (χ3n) is 3.24. The van der Waals surface area contributed by atoms with Crippen molar-refractivity contribution in [2.75, 3.05) is 26.2 Å². The highest BCUT2D eigenvalue weighted by Gasteiger charge is 2.15. The van der Waals surface area contributed by atoms with Crippen LogP contribution in [0.25, 0.3) is 5.70 Å². The van der Waals surface area contributed by atoms with Crippen molar-refractivity contribution in [3.8, 4) is 0 Å². The Morgan fingerprint density at radius 1 is 1.18 bits per heavy atom. The molecular weight excluding hydrogens is 330 g/mol. The Morgan fingerprint density at radius 3 is 2.45 bits per heavy atom. The van der Waals surface area contributed by atoms with Gasteiger partial charge in [-0.05, 0) is 12.1 Å². The molecule has 0 bridgehead atoms. The number of aliphatic imine (C=N–C) groups is 1. The van der Waals surface area contributed by atoms with Crippen molar-refractivity contribution < 1.29 is 4.39 Å². The van der Waals surface area contributed by atoms with Crippen LogP contribution in [0.3, 0.4) is 0 Å². The molecular formula is C13H17Cl2FN6. The van der Waals surface area contributed by atoms with Gasteiger partial charge in [-0.3, -0.25) is 0 Å². The second-order valence-corrected chi connectivity index (χ2v) is 5.54. The lowest BCUT2D eigenvalue weighted by molar-refractivity contribution is 0.354. The third-order valence-corrected chi connectivity index (χ3v) is 4.04. The van der Waals surface area contributed by atoms with Crippen molar-refractivity contribution in [2.45, 2.75) is 0 Å². The summed E-state index contributed by atoms with van der Waals surface area (Å²) in [5, 5.41) is 3.36. The molecule has 1 heterocycles. The average Bonchev–Trinajstić information content (AvgIpc) is 2.50. The minimum absolute atomic E-state index is 0.0180. The van der Waals surface area contributed by atoms with E-state index < -0.39 is 5.82 Å². The highest BCUT2D eigenvalue weighted by atomic mass is 35.5. The Bertz CT molecular complexity index is 625. The smallest absolute Gasteiger partial charge is 0.198 e. The monoisotopic (exact) mass is 346 g/mol. The Morgan fingerprint density at radius 2 is 1.82 bits per heavy atom. The number of benzene rings is 1. The molecule has 1 aliphatic heterocycles. The van der Waals surface area contributed by atoms with E-state index in [9.17, 15) is 4.39 Å². The van der Waals surface area contributed by atoms with Gasteiger partial charge in [-0.15, -0.1) is 0 Å². The van der Waals surface area contributed by atoms with Gasteiger partial charge in [0.2, 0.25) is 0 Å². The molecule has 2 rings (SSSR count). The lowest BCUT2D eigenvalue weighted by Crippen LogP contribution is -2.49. The standard InChI is InChI=1S/C13H17Cl2FN6/c14-9-6-7(16)5-8(10(9)15)11(17)12(18)21-13(19)22-3-1-20-2-4-22/h5-6,20H,1-4,17-18H2,(H2,19,21)/b12-11-. The highest BCUT2D eigenvalue weighted by Crippen LogP contribution is 2.30. The zero-order chi connectivity index (χ0) is 16.3. The van der Waals surface area contributed by atoms with Gasteiger partial charge in [0.1, 0.15) is 5.82 Å². The zero-order valence-corrected chi connectivity index (χ0v) is 13.3. The van der Waals surface area contributed by atoms with E-state index in [1.807, 2.05) is 4.90 Å². The van der Waals surface area contributed by atoms with E-state index in [0.29, 0.717) is 0 Å². The number of nitrogens with zero attached hydrogens (tertiary/aromatic N) is 2. The van der Waals surface area contributed by atoms with Crippen LogP contribution in [0.15, 0.2) is 22.9 Å². The van der Waals surface area contributed by atoms with Crippen molar-refractivity contribution in [2.24, 2.45) is 22.2 Å². The zero-order valence-electron chi connectivity index (χ0n) is 11.7. The van der Waals surface area contributed by atoms with Crippen molar-refractivity contribution >= 4 is 34.9 Å². The first kappa shape index (κ1) is 16.7.